The number of benzene rings is 1. The Hall–Kier alpha value is -3.68. The number of anilines is 3. The van der Waals surface area contributed by atoms with Gasteiger partial charge in [-0.05, 0) is 49.7 Å². The molecule has 1 atom stereocenters. The monoisotopic (exact) mass is 418 g/mol. The summed E-state index contributed by atoms with van der Waals surface area (Å²) in [6.07, 6.45) is 1.28. The third kappa shape index (κ3) is 5.28. The van der Waals surface area contributed by atoms with Gasteiger partial charge in [-0.3, -0.25) is 4.79 Å². The van der Waals surface area contributed by atoms with E-state index in [4.69, 9.17) is 4.74 Å². The van der Waals surface area contributed by atoms with Crippen LogP contribution in [-0.2, 0) is 4.79 Å². The van der Waals surface area contributed by atoms with Crippen molar-refractivity contribution in [2.75, 3.05) is 36.4 Å². The summed E-state index contributed by atoms with van der Waals surface area (Å²) in [7, 11) is 0. The molecule has 4 rings (SSSR count). The van der Waals surface area contributed by atoms with Crippen molar-refractivity contribution in [3.05, 3.63) is 66.4 Å². The van der Waals surface area contributed by atoms with E-state index in [-0.39, 0.29) is 5.91 Å². The first kappa shape index (κ1) is 20.6. The van der Waals surface area contributed by atoms with Crippen LogP contribution in [0.5, 0.6) is 5.75 Å². The van der Waals surface area contributed by atoms with Crippen molar-refractivity contribution in [3.8, 4) is 5.75 Å². The van der Waals surface area contributed by atoms with E-state index in [0.29, 0.717) is 37.7 Å². The van der Waals surface area contributed by atoms with Gasteiger partial charge >= 0.3 is 0 Å². The molecule has 1 amide bonds. The largest absolute Gasteiger partial charge is 0.481 e. The molecule has 3 aromatic rings. The summed E-state index contributed by atoms with van der Waals surface area (Å²) >= 11 is 0. The zero-order valence-electron chi connectivity index (χ0n) is 17.7. The Morgan fingerprint density at radius 1 is 0.968 bits per heavy atom. The number of pyridine rings is 1. The van der Waals surface area contributed by atoms with Crippen molar-refractivity contribution in [2.45, 2.75) is 20.0 Å². The molecule has 1 aliphatic heterocycles. The maximum atomic E-state index is 12.7. The minimum atomic E-state index is -0.519. The van der Waals surface area contributed by atoms with Crippen molar-refractivity contribution in [2.24, 2.45) is 0 Å². The lowest BCUT2D eigenvalue weighted by molar-refractivity contribution is -0.138. The lowest BCUT2D eigenvalue weighted by atomic mass is 10.2. The minimum absolute atomic E-state index is 0.000247. The van der Waals surface area contributed by atoms with E-state index in [9.17, 15) is 4.79 Å². The first-order chi connectivity index (χ1) is 15.1. The summed E-state index contributed by atoms with van der Waals surface area (Å²) in [6, 6.07) is 17.1. The molecule has 1 N–H and O–H groups in total. The van der Waals surface area contributed by atoms with Crippen LogP contribution in [0.1, 0.15) is 12.5 Å². The molecule has 8 heteroatoms. The SMILES string of the molecule is Cc1ccc(Nc2ccc(N3CCN(C(=O)[C@@H](C)Oc4ccccc4)CC3)nn2)nc1. The van der Waals surface area contributed by atoms with Crippen molar-refractivity contribution >= 4 is 23.4 Å². The summed E-state index contributed by atoms with van der Waals surface area (Å²) in [5, 5.41) is 11.7. The van der Waals surface area contributed by atoms with Crippen molar-refractivity contribution in [3.63, 3.8) is 0 Å². The summed E-state index contributed by atoms with van der Waals surface area (Å²) in [4.78, 5) is 21.0. The molecule has 0 spiro atoms. The molecule has 31 heavy (non-hydrogen) atoms. The number of para-hydroxylation sites is 1. The fourth-order valence-corrected chi connectivity index (χ4v) is 3.40. The smallest absolute Gasteiger partial charge is 0.263 e. The van der Waals surface area contributed by atoms with Crippen LogP contribution in [0, 0.1) is 6.92 Å². The molecule has 0 aliphatic carbocycles. The van der Waals surface area contributed by atoms with Crippen molar-refractivity contribution in [1.82, 2.24) is 20.1 Å². The van der Waals surface area contributed by atoms with Gasteiger partial charge in [0.1, 0.15) is 11.6 Å². The van der Waals surface area contributed by atoms with E-state index in [1.54, 1.807) is 13.1 Å². The number of hydrogen-bond acceptors (Lipinski definition) is 7. The van der Waals surface area contributed by atoms with Gasteiger partial charge in [-0.25, -0.2) is 4.98 Å². The summed E-state index contributed by atoms with van der Waals surface area (Å²) in [5.41, 5.74) is 1.10. The van der Waals surface area contributed by atoms with E-state index in [1.807, 2.05) is 66.4 Å². The van der Waals surface area contributed by atoms with Gasteiger partial charge in [0.05, 0.1) is 0 Å². The number of carbonyl (C=O) groups is 1. The van der Waals surface area contributed by atoms with E-state index in [1.165, 1.54) is 0 Å². The van der Waals surface area contributed by atoms with Crippen molar-refractivity contribution in [1.29, 1.82) is 0 Å². The number of piperazine rings is 1. The Kier molecular flexibility index (Phi) is 6.26. The second-order valence-corrected chi connectivity index (χ2v) is 7.51. The fourth-order valence-electron chi connectivity index (χ4n) is 3.40. The highest BCUT2D eigenvalue weighted by molar-refractivity contribution is 5.81. The molecule has 8 nitrogen and oxygen atoms in total. The molecule has 2 aromatic heterocycles. The molecule has 0 bridgehead atoms. The molecule has 1 aliphatic rings. The first-order valence-electron chi connectivity index (χ1n) is 10.4. The normalized spacial score (nSPS) is 14.8. The quantitative estimate of drug-likeness (QED) is 0.659. The lowest BCUT2D eigenvalue weighted by Crippen LogP contribution is -2.52. The zero-order chi connectivity index (χ0) is 21.6. The highest BCUT2D eigenvalue weighted by Gasteiger charge is 2.26. The Bertz CT molecular complexity index is 987. The van der Waals surface area contributed by atoms with Gasteiger partial charge in [0, 0.05) is 32.4 Å². The third-order valence-electron chi connectivity index (χ3n) is 5.14. The standard InChI is InChI=1S/C23H26N6O2/c1-17-8-9-20(24-16-17)25-21-10-11-22(27-26-21)28-12-14-29(15-13-28)23(30)18(2)31-19-6-4-3-5-7-19/h3-11,16,18H,12-15H2,1-2H3,(H,24,25,26)/t18-/m1/s1. The number of rotatable bonds is 6. The number of aromatic nitrogens is 3. The number of nitrogens with one attached hydrogen (secondary N) is 1. The van der Waals surface area contributed by atoms with Crippen LogP contribution in [0.25, 0.3) is 0 Å². The molecule has 1 saturated heterocycles. The maximum Gasteiger partial charge on any atom is 0.263 e. The summed E-state index contributed by atoms with van der Waals surface area (Å²) in [6.45, 7) is 6.43. The highest BCUT2D eigenvalue weighted by Crippen LogP contribution is 2.18. The number of hydrogen-bond donors (Lipinski definition) is 1. The number of amides is 1. The third-order valence-corrected chi connectivity index (χ3v) is 5.14. The number of carbonyl (C=O) groups excluding carboxylic acids is 1. The molecule has 1 fully saturated rings. The van der Waals surface area contributed by atoms with Crippen LogP contribution in [0.3, 0.4) is 0 Å². The molecule has 0 unspecified atom stereocenters. The molecule has 160 valence electrons. The molecular weight excluding hydrogens is 392 g/mol. The van der Waals surface area contributed by atoms with Gasteiger partial charge in [-0.15, -0.1) is 10.2 Å². The van der Waals surface area contributed by atoms with E-state index in [2.05, 4.69) is 25.4 Å². The van der Waals surface area contributed by atoms with Crippen LogP contribution in [0.15, 0.2) is 60.8 Å². The lowest BCUT2D eigenvalue weighted by Gasteiger charge is -2.36. The van der Waals surface area contributed by atoms with Crippen LogP contribution in [-0.4, -0.2) is 58.3 Å². The van der Waals surface area contributed by atoms with Crippen LogP contribution in [0.2, 0.25) is 0 Å². The molecule has 3 heterocycles. The van der Waals surface area contributed by atoms with Crippen LogP contribution >= 0.6 is 0 Å². The molecular formula is C23H26N6O2. The average molecular weight is 419 g/mol. The summed E-state index contributed by atoms with van der Waals surface area (Å²) in [5.74, 6) is 2.86. The minimum Gasteiger partial charge on any atom is -0.481 e. The fraction of sp³-hybridized carbons (Fsp3) is 0.304. The van der Waals surface area contributed by atoms with Crippen LogP contribution in [0.4, 0.5) is 17.5 Å². The maximum absolute atomic E-state index is 12.7. The highest BCUT2D eigenvalue weighted by atomic mass is 16.5. The summed E-state index contributed by atoms with van der Waals surface area (Å²) < 4.78 is 5.77. The van der Waals surface area contributed by atoms with Crippen molar-refractivity contribution < 1.29 is 9.53 Å². The zero-order valence-corrected chi connectivity index (χ0v) is 17.7. The first-order valence-corrected chi connectivity index (χ1v) is 10.4. The van der Waals surface area contributed by atoms with Gasteiger partial charge in [0.25, 0.3) is 5.91 Å². The van der Waals surface area contributed by atoms with Gasteiger partial charge in [-0.1, -0.05) is 24.3 Å². The molecule has 0 radical (unpaired) electrons. The number of nitrogens with zero attached hydrogens (tertiary/aromatic N) is 5. The molecule has 1 aromatic carbocycles. The van der Waals surface area contributed by atoms with E-state index < -0.39 is 6.10 Å². The van der Waals surface area contributed by atoms with E-state index >= 15 is 0 Å². The molecule has 0 saturated carbocycles. The average Bonchev–Trinajstić information content (AvgIpc) is 2.81. The second kappa shape index (κ2) is 9.42. The van der Waals surface area contributed by atoms with Gasteiger partial charge in [-0.2, -0.15) is 0 Å². The van der Waals surface area contributed by atoms with Crippen LogP contribution < -0.4 is 15.0 Å². The Balaban J connectivity index is 1.29. The van der Waals surface area contributed by atoms with E-state index in [0.717, 1.165) is 17.2 Å². The van der Waals surface area contributed by atoms with Gasteiger partial charge in [0.15, 0.2) is 17.7 Å². The Labute approximate surface area is 181 Å². The Morgan fingerprint density at radius 2 is 1.71 bits per heavy atom. The van der Waals surface area contributed by atoms with Gasteiger partial charge < -0.3 is 19.9 Å². The predicted molar refractivity (Wildman–Crippen MR) is 120 cm³/mol. The second-order valence-electron chi connectivity index (χ2n) is 7.51. The Morgan fingerprint density at radius 3 is 2.35 bits per heavy atom. The number of aryl methyl sites for hydroxylation is 1. The number of ether oxygens (including phenoxy) is 1. The van der Waals surface area contributed by atoms with Gasteiger partial charge in [0.2, 0.25) is 0 Å². The topological polar surface area (TPSA) is 83.5 Å². The predicted octanol–water partition coefficient (Wildman–Crippen LogP) is 3.04.